The maximum Gasteiger partial charge on any atom is 0.251 e. The van der Waals surface area contributed by atoms with Crippen molar-refractivity contribution in [1.82, 2.24) is 10.6 Å². The lowest BCUT2D eigenvalue weighted by atomic mass is 10.1. The highest BCUT2D eigenvalue weighted by atomic mass is 35.5. The molecule has 19 heavy (non-hydrogen) atoms. The monoisotopic (exact) mass is 282 g/mol. The minimum Gasteiger partial charge on any atom is -0.350 e. The fourth-order valence-corrected chi connectivity index (χ4v) is 2.48. The highest BCUT2D eigenvalue weighted by Gasteiger charge is 2.14. The van der Waals surface area contributed by atoms with Gasteiger partial charge in [-0.25, -0.2) is 0 Å². The second kappa shape index (κ2) is 7.51. The van der Waals surface area contributed by atoms with Crippen LogP contribution < -0.4 is 10.6 Å². The van der Waals surface area contributed by atoms with Crippen molar-refractivity contribution in [2.45, 2.75) is 39.2 Å². The number of nitrogens with one attached hydrogen (secondary N) is 2. The van der Waals surface area contributed by atoms with Gasteiger partial charge in [0.05, 0.1) is 0 Å². The first-order chi connectivity index (χ1) is 8.70. The van der Waals surface area contributed by atoms with Crippen LogP contribution in [0.5, 0.6) is 0 Å². The van der Waals surface area contributed by atoms with E-state index in [-0.39, 0.29) is 18.3 Å². The molecule has 4 heteroatoms. The van der Waals surface area contributed by atoms with Crippen molar-refractivity contribution in [1.29, 1.82) is 0 Å². The van der Waals surface area contributed by atoms with E-state index in [9.17, 15) is 4.79 Å². The van der Waals surface area contributed by atoms with Gasteiger partial charge in [0.15, 0.2) is 0 Å². The lowest BCUT2D eigenvalue weighted by Gasteiger charge is -2.13. The van der Waals surface area contributed by atoms with Crippen LogP contribution in [0.4, 0.5) is 0 Å². The first-order valence-corrected chi connectivity index (χ1v) is 6.84. The van der Waals surface area contributed by atoms with Crippen molar-refractivity contribution >= 4 is 18.3 Å². The van der Waals surface area contributed by atoms with E-state index in [0.29, 0.717) is 12.6 Å². The molecule has 0 unspecified atom stereocenters. The summed E-state index contributed by atoms with van der Waals surface area (Å²) >= 11 is 0. The molecule has 2 N–H and O–H groups in total. The van der Waals surface area contributed by atoms with E-state index in [1.807, 2.05) is 6.07 Å². The number of aryl methyl sites for hydroxylation is 2. The summed E-state index contributed by atoms with van der Waals surface area (Å²) in [5.74, 6) is 0.0365. The minimum absolute atomic E-state index is 0. The molecule has 0 bridgehead atoms. The summed E-state index contributed by atoms with van der Waals surface area (Å²) < 4.78 is 0. The molecule has 0 aromatic heterocycles. The largest absolute Gasteiger partial charge is 0.350 e. The lowest BCUT2D eigenvalue weighted by Crippen LogP contribution is -2.38. The number of carbonyl (C=O) groups excluding carboxylic acids is 1. The van der Waals surface area contributed by atoms with Crippen molar-refractivity contribution < 1.29 is 4.79 Å². The zero-order chi connectivity index (χ0) is 13.0. The zero-order valence-electron chi connectivity index (χ0n) is 11.7. The summed E-state index contributed by atoms with van der Waals surface area (Å²) in [4.78, 5) is 12.0. The molecule has 1 atom stereocenters. The van der Waals surface area contributed by atoms with Crippen LogP contribution in [0.25, 0.3) is 0 Å². The van der Waals surface area contributed by atoms with Crippen LogP contribution >= 0.6 is 12.4 Å². The average Bonchev–Trinajstić information content (AvgIpc) is 2.83. The average molecular weight is 283 g/mol. The minimum atomic E-state index is 0. The smallest absolute Gasteiger partial charge is 0.251 e. The number of amides is 1. The Morgan fingerprint density at radius 2 is 2.05 bits per heavy atom. The third-order valence-electron chi connectivity index (χ3n) is 3.48. The van der Waals surface area contributed by atoms with E-state index < -0.39 is 0 Å². The Morgan fingerprint density at radius 1 is 1.32 bits per heavy atom. The van der Waals surface area contributed by atoms with Crippen LogP contribution in [-0.4, -0.2) is 25.0 Å². The zero-order valence-corrected chi connectivity index (χ0v) is 12.5. The standard InChI is InChI=1S/C15H22N2O.ClH/c1-3-16-11(2)10-17-15(18)14-8-7-12-5-4-6-13(12)9-14;/h7-9,11,16H,3-6,10H2,1-2H3,(H,17,18);1H/t11-;/m1./s1. The van der Waals surface area contributed by atoms with E-state index >= 15 is 0 Å². The van der Waals surface area contributed by atoms with Crippen molar-refractivity contribution in [3.05, 3.63) is 34.9 Å². The van der Waals surface area contributed by atoms with E-state index in [2.05, 4.69) is 36.6 Å². The fraction of sp³-hybridized carbons (Fsp3) is 0.533. The molecular formula is C15H23ClN2O. The van der Waals surface area contributed by atoms with Crippen molar-refractivity contribution in [2.75, 3.05) is 13.1 Å². The number of halogens is 1. The summed E-state index contributed by atoms with van der Waals surface area (Å²) in [5, 5.41) is 6.25. The van der Waals surface area contributed by atoms with Crippen LogP contribution in [0.3, 0.4) is 0 Å². The molecule has 3 nitrogen and oxygen atoms in total. The SMILES string of the molecule is CCN[C@H](C)CNC(=O)c1ccc2c(c1)CCC2.Cl. The van der Waals surface area contributed by atoms with Gasteiger partial charge >= 0.3 is 0 Å². The van der Waals surface area contributed by atoms with Crippen LogP contribution in [0.1, 0.15) is 41.8 Å². The molecule has 1 aromatic rings. The quantitative estimate of drug-likeness (QED) is 0.870. The van der Waals surface area contributed by atoms with Crippen molar-refractivity contribution in [2.24, 2.45) is 0 Å². The topological polar surface area (TPSA) is 41.1 Å². The summed E-state index contributed by atoms with van der Waals surface area (Å²) in [7, 11) is 0. The van der Waals surface area contributed by atoms with E-state index in [1.165, 1.54) is 17.5 Å². The van der Waals surface area contributed by atoms with E-state index in [1.54, 1.807) is 0 Å². The second-order valence-corrected chi connectivity index (χ2v) is 5.01. The number of carbonyl (C=O) groups is 1. The van der Waals surface area contributed by atoms with Crippen LogP contribution in [0.15, 0.2) is 18.2 Å². The second-order valence-electron chi connectivity index (χ2n) is 5.01. The third kappa shape index (κ3) is 4.22. The summed E-state index contributed by atoms with van der Waals surface area (Å²) in [6.07, 6.45) is 3.50. The van der Waals surface area contributed by atoms with Gasteiger partial charge in [0.1, 0.15) is 0 Å². The predicted octanol–water partition coefficient (Wildman–Crippen LogP) is 2.32. The molecule has 2 rings (SSSR count). The number of likely N-dealkylation sites (N-methyl/N-ethyl adjacent to an activating group) is 1. The van der Waals surface area contributed by atoms with Crippen LogP contribution in [0, 0.1) is 0 Å². The predicted molar refractivity (Wildman–Crippen MR) is 81.2 cm³/mol. The molecule has 0 aliphatic heterocycles. The molecule has 0 saturated carbocycles. The van der Waals surface area contributed by atoms with E-state index in [0.717, 1.165) is 24.9 Å². The number of fused-ring (bicyclic) bond motifs is 1. The van der Waals surface area contributed by atoms with Gasteiger partial charge in [0.25, 0.3) is 5.91 Å². The number of hydrogen-bond acceptors (Lipinski definition) is 2. The third-order valence-corrected chi connectivity index (χ3v) is 3.48. The molecule has 1 aliphatic rings. The first-order valence-electron chi connectivity index (χ1n) is 6.84. The molecule has 0 saturated heterocycles. The highest BCUT2D eigenvalue weighted by Crippen LogP contribution is 2.22. The molecule has 0 heterocycles. The maximum atomic E-state index is 12.0. The number of rotatable bonds is 5. The highest BCUT2D eigenvalue weighted by molar-refractivity contribution is 5.94. The Balaban J connectivity index is 0.00000180. The summed E-state index contributed by atoms with van der Waals surface area (Å²) in [6, 6.07) is 6.41. The molecule has 0 spiro atoms. The van der Waals surface area contributed by atoms with Crippen molar-refractivity contribution in [3.8, 4) is 0 Å². The summed E-state index contributed by atoms with van der Waals surface area (Å²) in [6.45, 7) is 5.74. The molecule has 106 valence electrons. The summed E-state index contributed by atoms with van der Waals surface area (Å²) in [5.41, 5.74) is 3.55. The first kappa shape index (κ1) is 16.0. The van der Waals surface area contributed by atoms with Crippen molar-refractivity contribution in [3.63, 3.8) is 0 Å². The van der Waals surface area contributed by atoms with Crippen LogP contribution in [0.2, 0.25) is 0 Å². The molecule has 1 aliphatic carbocycles. The van der Waals surface area contributed by atoms with Gasteiger partial charge in [0, 0.05) is 18.2 Å². The van der Waals surface area contributed by atoms with Gasteiger partial charge < -0.3 is 10.6 Å². The molecule has 0 radical (unpaired) electrons. The van der Waals surface area contributed by atoms with Crippen LogP contribution in [-0.2, 0) is 12.8 Å². The van der Waals surface area contributed by atoms with Gasteiger partial charge in [-0.05, 0) is 56.0 Å². The molecule has 0 fully saturated rings. The normalized spacial score (nSPS) is 14.4. The van der Waals surface area contributed by atoms with E-state index in [4.69, 9.17) is 0 Å². The Bertz CT molecular complexity index is 434. The van der Waals surface area contributed by atoms with Gasteiger partial charge in [-0.3, -0.25) is 4.79 Å². The molecular weight excluding hydrogens is 260 g/mol. The Labute approximate surface area is 121 Å². The van der Waals surface area contributed by atoms with Gasteiger partial charge in [-0.1, -0.05) is 13.0 Å². The number of benzene rings is 1. The molecule has 1 amide bonds. The lowest BCUT2D eigenvalue weighted by molar-refractivity contribution is 0.0950. The Kier molecular flexibility index (Phi) is 6.32. The Morgan fingerprint density at radius 3 is 2.79 bits per heavy atom. The van der Waals surface area contributed by atoms with Gasteiger partial charge in [0.2, 0.25) is 0 Å². The van der Waals surface area contributed by atoms with Gasteiger partial charge in [-0.2, -0.15) is 0 Å². The Hall–Kier alpha value is -1.06. The molecule has 1 aromatic carbocycles. The fourth-order valence-electron chi connectivity index (χ4n) is 2.48. The maximum absolute atomic E-state index is 12.0. The number of hydrogen-bond donors (Lipinski definition) is 2. The van der Waals surface area contributed by atoms with Gasteiger partial charge in [-0.15, -0.1) is 12.4 Å².